The van der Waals surface area contributed by atoms with Crippen LogP contribution in [0.1, 0.15) is 18.4 Å². The molecule has 1 saturated carbocycles. The zero-order valence-electron chi connectivity index (χ0n) is 10.5. The standard InChI is InChI=1S/C16H15Cl2N/c17-14-7-13(8-15(18)9-14)12-3-1-11(2-4-12)10-19-16-5-6-16/h1-4,7-9,16,19H,5-6,10H2. The monoisotopic (exact) mass is 291 g/mol. The van der Waals surface area contributed by atoms with Crippen molar-refractivity contribution >= 4 is 23.2 Å². The number of nitrogens with one attached hydrogen (secondary N) is 1. The van der Waals surface area contributed by atoms with Gasteiger partial charge in [-0.05, 0) is 47.7 Å². The van der Waals surface area contributed by atoms with Crippen molar-refractivity contribution in [2.24, 2.45) is 0 Å². The van der Waals surface area contributed by atoms with Gasteiger partial charge in [0, 0.05) is 22.6 Å². The van der Waals surface area contributed by atoms with Crippen LogP contribution in [0.5, 0.6) is 0 Å². The molecule has 0 bridgehead atoms. The van der Waals surface area contributed by atoms with Crippen LogP contribution >= 0.6 is 23.2 Å². The molecular formula is C16H15Cl2N. The van der Waals surface area contributed by atoms with E-state index in [-0.39, 0.29) is 0 Å². The average Bonchev–Trinajstić information content (AvgIpc) is 3.20. The second-order valence-corrected chi connectivity index (χ2v) is 5.88. The summed E-state index contributed by atoms with van der Waals surface area (Å²) >= 11 is 12.1. The van der Waals surface area contributed by atoms with Crippen molar-refractivity contribution in [3.05, 3.63) is 58.1 Å². The van der Waals surface area contributed by atoms with Gasteiger partial charge in [0.2, 0.25) is 0 Å². The molecule has 0 spiro atoms. The molecule has 1 aliphatic rings. The fourth-order valence-electron chi connectivity index (χ4n) is 2.09. The van der Waals surface area contributed by atoms with E-state index in [1.54, 1.807) is 6.07 Å². The van der Waals surface area contributed by atoms with Gasteiger partial charge in [-0.3, -0.25) is 0 Å². The highest BCUT2D eigenvalue weighted by Gasteiger charge is 2.19. The fraction of sp³-hybridized carbons (Fsp3) is 0.250. The lowest BCUT2D eigenvalue weighted by molar-refractivity contribution is 0.688. The van der Waals surface area contributed by atoms with E-state index < -0.39 is 0 Å². The topological polar surface area (TPSA) is 12.0 Å². The van der Waals surface area contributed by atoms with E-state index in [4.69, 9.17) is 23.2 Å². The summed E-state index contributed by atoms with van der Waals surface area (Å²) in [6, 6.07) is 14.9. The molecule has 98 valence electrons. The van der Waals surface area contributed by atoms with Gasteiger partial charge in [0.15, 0.2) is 0 Å². The van der Waals surface area contributed by atoms with E-state index >= 15 is 0 Å². The molecule has 3 heteroatoms. The van der Waals surface area contributed by atoms with Crippen LogP contribution in [0, 0.1) is 0 Å². The number of rotatable bonds is 4. The summed E-state index contributed by atoms with van der Waals surface area (Å²) in [4.78, 5) is 0. The maximum atomic E-state index is 6.03. The first-order valence-electron chi connectivity index (χ1n) is 6.49. The number of hydrogen-bond donors (Lipinski definition) is 1. The maximum absolute atomic E-state index is 6.03. The highest BCUT2D eigenvalue weighted by Crippen LogP contribution is 2.27. The van der Waals surface area contributed by atoms with Crippen molar-refractivity contribution in [3.63, 3.8) is 0 Å². The first kappa shape index (κ1) is 13.0. The van der Waals surface area contributed by atoms with Crippen LogP contribution in [0.3, 0.4) is 0 Å². The SMILES string of the molecule is Clc1cc(Cl)cc(-c2ccc(CNC3CC3)cc2)c1. The number of hydrogen-bond acceptors (Lipinski definition) is 1. The van der Waals surface area contributed by atoms with Crippen LogP contribution in [0.15, 0.2) is 42.5 Å². The summed E-state index contributed by atoms with van der Waals surface area (Å²) in [7, 11) is 0. The Kier molecular flexibility index (Phi) is 3.79. The zero-order valence-corrected chi connectivity index (χ0v) is 12.0. The smallest absolute Gasteiger partial charge is 0.0426 e. The zero-order chi connectivity index (χ0) is 13.2. The normalized spacial score (nSPS) is 14.6. The predicted octanol–water partition coefficient (Wildman–Crippen LogP) is 4.91. The van der Waals surface area contributed by atoms with Gasteiger partial charge in [-0.25, -0.2) is 0 Å². The third-order valence-corrected chi connectivity index (χ3v) is 3.76. The predicted molar refractivity (Wildman–Crippen MR) is 81.8 cm³/mol. The summed E-state index contributed by atoms with van der Waals surface area (Å²) in [6.45, 7) is 0.946. The molecular weight excluding hydrogens is 277 g/mol. The van der Waals surface area contributed by atoms with Gasteiger partial charge >= 0.3 is 0 Å². The Hall–Kier alpha value is -1.02. The summed E-state index contributed by atoms with van der Waals surface area (Å²) in [5.41, 5.74) is 3.50. The van der Waals surface area contributed by atoms with Crippen molar-refractivity contribution in [2.45, 2.75) is 25.4 Å². The molecule has 0 aromatic heterocycles. The van der Waals surface area contributed by atoms with Crippen LogP contribution in [0.25, 0.3) is 11.1 Å². The molecule has 0 atom stereocenters. The van der Waals surface area contributed by atoms with Crippen LogP contribution in [0.4, 0.5) is 0 Å². The van der Waals surface area contributed by atoms with Gasteiger partial charge in [-0.15, -0.1) is 0 Å². The molecule has 3 rings (SSSR count). The summed E-state index contributed by atoms with van der Waals surface area (Å²) in [6.07, 6.45) is 2.64. The highest BCUT2D eigenvalue weighted by molar-refractivity contribution is 6.35. The van der Waals surface area contributed by atoms with E-state index in [1.807, 2.05) is 12.1 Å². The van der Waals surface area contributed by atoms with E-state index in [2.05, 4.69) is 29.6 Å². The second kappa shape index (κ2) is 5.54. The van der Waals surface area contributed by atoms with Gasteiger partial charge in [0.05, 0.1) is 0 Å². The molecule has 0 radical (unpaired) electrons. The molecule has 0 aliphatic heterocycles. The molecule has 1 N–H and O–H groups in total. The van der Waals surface area contributed by atoms with Gasteiger partial charge in [-0.2, -0.15) is 0 Å². The first-order valence-corrected chi connectivity index (χ1v) is 7.25. The van der Waals surface area contributed by atoms with E-state index in [9.17, 15) is 0 Å². The number of halogens is 2. The van der Waals surface area contributed by atoms with Crippen molar-refractivity contribution in [2.75, 3.05) is 0 Å². The second-order valence-electron chi connectivity index (χ2n) is 5.01. The molecule has 0 saturated heterocycles. The molecule has 0 heterocycles. The molecule has 1 fully saturated rings. The Bertz CT molecular complexity index is 554. The number of benzene rings is 2. The Morgan fingerprint density at radius 3 is 2.11 bits per heavy atom. The Morgan fingerprint density at radius 1 is 0.895 bits per heavy atom. The fourth-order valence-corrected chi connectivity index (χ4v) is 2.61. The van der Waals surface area contributed by atoms with Crippen LogP contribution < -0.4 is 5.32 Å². The summed E-state index contributed by atoms with van der Waals surface area (Å²) in [5, 5.41) is 4.85. The average molecular weight is 292 g/mol. The van der Waals surface area contributed by atoms with Crippen molar-refractivity contribution in [1.82, 2.24) is 5.32 Å². The van der Waals surface area contributed by atoms with Crippen LogP contribution in [-0.2, 0) is 6.54 Å². The molecule has 1 nitrogen and oxygen atoms in total. The van der Waals surface area contributed by atoms with Crippen molar-refractivity contribution < 1.29 is 0 Å². The first-order chi connectivity index (χ1) is 9.20. The largest absolute Gasteiger partial charge is 0.310 e. The quantitative estimate of drug-likeness (QED) is 0.844. The van der Waals surface area contributed by atoms with E-state index in [0.29, 0.717) is 10.0 Å². The lowest BCUT2D eigenvalue weighted by Crippen LogP contribution is -2.14. The van der Waals surface area contributed by atoms with Gasteiger partial charge in [0.1, 0.15) is 0 Å². The molecule has 19 heavy (non-hydrogen) atoms. The van der Waals surface area contributed by atoms with Crippen LogP contribution in [-0.4, -0.2) is 6.04 Å². The minimum Gasteiger partial charge on any atom is -0.310 e. The van der Waals surface area contributed by atoms with E-state index in [1.165, 1.54) is 18.4 Å². The third kappa shape index (κ3) is 3.50. The van der Waals surface area contributed by atoms with Crippen molar-refractivity contribution in [1.29, 1.82) is 0 Å². The van der Waals surface area contributed by atoms with Crippen LogP contribution in [0.2, 0.25) is 10.0 Å². The van der Waals surface area contributed by atoms with Crippen molar-refractivity contribution in [3.8, 4) is 11.1 Å². The lowest BCUT2D eigenvalue weighted by Gasteiger charge is -2.06. The highest BCUT2D eigenvalue weighted by atomic mass is 35.5. The van der Waals surface area contributed by atoms with E-state index in [0.717, 1.165) is 23.7 Å². The minimum absolute atomic E-state index is 0.668. The van der Waals surface area contributed by atoms with Gasteiger partial charge in [-0.1, -0.05) is 47.5 Å². The third-order valence-electron chi connectivity index (χ3n) is 3.32. The minimum atomic E-state index is 0.668. The Labute approximate surface area is 123 Å². The molecule has 0 unspecified atom stereocenters. The Morgan fingerprint density at radius 2 is 1.53 bits per heavy atom. The lowest BCUT2D eigenvalue weighted by atomic mass is 10.0. The summed E-state index contributed by atoms with van der Waals surface area (Å²) in [5.74, 6) is 0. The molecule has 2 aromatic carbocycles. The van der Waals surface area contributed by atoms with Gasteiger partial charge < -0.3 is 5.32 Å². The molecule has 1 aliphatic carbocycles. The maximum Gasteiger partial charge on any atom is 0.0426 e. The van der Waals surface area contributed by atoms with Gasteiger partial charge in [0.25, 0.3) is 0 Å². The summed E-state index contributed by atoms with van der Waals surface area (Å²) < 4.78 is 0. The molecule has 0 amide bonds. The molecule has 2 aromatic rings. The Balaban J connectivity index is 1.76.